The first kappa shape index (κ1) is 14.5. The molecule has 0 bridgehead atoms. The Kier molecular flexibility index (Phi) is 4.37. The normalized spacial score (nSPS) is 15.3. The molecule has 20 heavy (non-hydrogen) atoms. The van der Waals surface area contributed by atoms with Gasteiger partial charge in [-0.1, -0.05) is 13.0 Å². The Morgan fingerprint density at radius 2 is 1.85 bits per heavy atom. The second-order valence-corrected chi connectivity index (χ2v) is 4.91. The van der Waals surface area contributed by atoms with Crippen LogP contribution in [0.1, 0.15) is 30.6 Å². The number of amides is 1. The maximum absolute atomic E-state index is 13.8. The molecular weight excluding hydrogens is 259 g/mol. The molecule has 0 spiro atoms. The minimum atomic E-state index is -0.484. The summed E-state index contributed by atoms with van der Waals surface area (Å²) in [6.45, 7) is 5.68. The van der Waals surface area contributed by atoms with Crippen molar-refractivity contribution in [3.05, 3.63) is 29.6 Å². The Morgan fingerprint density at radius 3 is 2.40 bits per heavy atom. The molecule has 0 aliphatic carbocycles. The highest BCUT2D eigenvalue weighted by molar-refractivity contribution is 6.00. The van der Waals surface area contributed by atoms with Gasteiger partial charge in [0.25, 0.3) is 0 Å². The van der Waals surface area contributed by atoms with Gasteiger partial charge in [0.2, 0.25) is 5.91 Å². The first-order valence-electron chi connectivity index (χ1n) is 6.86. The van der Waals surface area contributed by atoms with E-state index in [2.05, 4.69) is 0 Å². The van der Waals surface area contributed by atoms with Gasteiger partial charge < -0.3 is 9.80 Å². The van der Waals surface area contributed by atoms with Crippen molar-refractivity contribution in [3.63, 3.8) is 0 Å². The SMILES string of the molecule is CCC(=O)N1CCN(c2cccc(F)c2C(C)=O)CC1. The maximum atomic E-state index is 13.8. The number of hydrogen-bond acceptors (Lipinski definition) is 3. The van der Waals surface area contributed by atoms with Crippen molar-refractivity contribution < 1.29 is 14.0 Å². The highest BCUT2D eigenvalue weighted by atomic mass is 19.1. The third-order valence-electron chi connectivity index (χ3n) is 3.62. The average molecular weight is 278 g/mol. The molecule has 1 heterocycles. The van der Waals surface area contributed by atoms with Crippen LogP contribution in [-0.4, -0.2) is 42.8 Å². The largest absolute Gasteiger partial charge is 0.367 e. The Hall–Kier alpha value is -1.91. The predicted octanol–water partition coefficient (Wildman–Crippen LogP) is 2.09. The van der Waals surface area contributed by atoms with E-state index >= 15 is 0 Å². The second kappa shape index (κ2) is 6.03. The summed E-state index contributed by atoms with van der Waals surface area (Å²) >= 11 is 0. The number of anilines is 1. The van der Waals surface area contributed by atoms with E-state index in [1.807, 2.05) is 16.7 Å². The number of halogens is 1. The summed E-state index contributed by atoms with van der Waals surface area (Å²) in [6.07, 6.45) is 0.499. The van der Waals surface area contributed by atoms with Gasteiger partial charge in [0, 0.05) is 32.6 Å². The van der Waals surface area contributed by atoms with Gasteiger partial charge in [0.15, 0.2) is 5.78 Å². The van der Waals surface area contributed by atoms with Crippen LogP contribution in [0.15, 0.2) is 18.2 Å². The number of piperazine rings is 1. The van der Waals surface area contributed by atoms with Crippen LogP contribution in [0.3, 0.4) is 0 Å². The molecule has 0 aromatic heterocycles. The van der Waals surface area contributed by atoms with Crippen LogP contribution in [-0.2, 0) is 4.79 Å². The lowest BCUT2D eigenvalue weighted by Gasteiger charge is -2.36. The monoisotopic (exact) mass is 278 g/mol. The molecule has 0 radical (unpaired) electrons. The molecule has 0 N–H and O–H groups in total. The van der Waals surface area contributed by atoms with Crippen LogP contribution in [0.4, 0.5) is 10.1 Å². The van der Waals surface area contributed by atoms with E-state index in [0.717, 1.165) is 0 Å². The molecule has 4 nitrogen and oxygen atoms in total. The first-order chi connectivity index (χ1) is 9.54. The summed E-state index contributed by atoms with van der Waals surface area (Å²) in [5.74, 6) is -0.622. The average Bonchev–Trinajstić information content (AvgIpc) is 2.46. The third kappa shape index (κ3) is 2.81. The first-order valence-corrected chi connectivity index (χ1v) is 6.86. The van der Waals surface area contributed by atoms with E-state index in [4.69, 9.17) is 0 Å². The fourth-order valence-corrected chi connectivity index (χ4v) is 2.55. The lowest BCUT2D eigenvalue weighted by molar-refractivity contribution is -0.131. The third-order valence-corrected chi connectivity index (χ3v) is 3.62. The molecule has 2 rings (SSSR count). The van der Waals surface area contributed by atoms with E-state index in [0.29, 0.717) is 38.3 Å². The fourth-order valence-electron chi connectivity index (χ4n) is 2.55. The van der Waals surface area contributed by atoms with Crippen LogP contribution in [0.2, 0.25) is 0 Å². The number of carbonyl (C=O) groups excluding carboxylic acids is 2. The molecule has 0 unspecified atom stereocenters. The van der Waals surface area contributed by atoms with Crippen LogP contribution < -0.4 is 4.90 Å². The second-order valence-electron chi connectivity index (χ2n) is 4.91. The maximum Gasteiger partial charge on any atom is 0.222 e. The van der Waals surface area contributed by atoms with Gasteiger partial charge in [-0.3, -0.25) is 9.59 Å². The highest BCUT2D eigenvalue weighted by Crippen LogP contribution is 2.25. The summed E-state index contributed by atoms with van der Waals surface area (Å²) in [7, 11) is 0. The highest BCUT2D eigenvalue weighted by Gasteiger charge is 2.23. The molecular formula is C15H19FN2O2. The Bertz CT molecular complexity index is 523. The van der Waals surface area contributed by atoms with Crippen molar-refractivity contribution in [2.24, 2.45) is 0 Å². The number of benzene rings is 1. The Balaban J connectivity index is 2.17. The lowest BCUT2D eigenvalue weighted by Crippen LogP contribution is -2.49. The van der Waals surface area contributed by atoms with Crippen molar-refractivity contribution >= 4 is 17.4 Å². The summed E-state index contributed by atoms with van der Waals surface area (Å²) in [6, 6.07) is 4.68. The minimum Gasteiger partial charge on any atom is -0.367 e. The zero-order valence-corrected chi connectivity index (χ0v) is 11.9. The topological polar surface area (TPSA) is 40.6 Å². The van der Waals surface area contributed by atoms with Crippen molar-refractivity contribution in [1.82, 2.24) is 4.90 Å². The molecule has 0 atom stereocenters. The molecule has 1 aliphatic rings. The minimum absolute atomic E-state index is 0.135. The smallest absolute Gasteiger partial charge is 0.222 e. The lowest BCUT2D eigenvalue weighted by atomic mass is 10.1. The number of nitrogens with zero attached hydrogens (tertiary/aromatic N) is 2. The molecule has 1 aromatic carbocycles. The van der Waals surface area contributed by atoms with Gasteiger partial charge in [-0.2, -0.15) is 0 Å². The number of carbonyl (C=O) groups is 2. The Morgan fingerprint density at radius 1 is 1.20 bits per heavy atom. The molecule has 1 aliphatic heterocycles. The summed E-state index contributed by atoms with van der Waals surface area (Å²) in [5, 5.41) is 0. The zero-order chi connectivity index (χ0) is 14.7. The van der Waals surface area contributed by atoms with Crippen LogP contribution in [0.25, 0.3) is 0 Å². The van der Waals surface area contributed by atoms with Crippen molar-refractivity contribution in [2.45, 2.75) is 20.3 Å². The number of Topliss-reactive ketones (excluding diaryl/α,β-unsaturated/α-hetero) is 1. The Labute approximate surface area is 118 Å². The van der Waals surface area contributed by atoms with Crippen molar-refractivity contribution in [3.8, 4) is 0 Å². The quantitative estimate of drug-likeness (QED) is 0.795. The molecule has 1 amide bonds. The van der Waals surface area contributed by atoms with E-state index in [1.165, 1.54) is 13.0 Å². The molecule has 5 heteroatoms. The van der Waals surface area contributed by atoms with Gasteiger partial charge in [-0.25, -0.2) is 4.39 Å². The summed E-state index contributed by atoms with van der Waals surface area (Å²) < 4.78 is 13.8. The van der Waals surface area contributed by atoms with E-state index in [9.17, 15) is 14.0 Å². The van der Waals surface area contributed by atoms with Gasteiger partial charge in [-0.15, -0.1) is 0 Å². The standard InChI is InChI=1S/C15H19FN2O2/c1-3-14(20)18-9-7-17(8-10-18)13-6-4-5-12(16)15(13)11(2)19/h4-6H,3,7-10H2,1-2H3. The fraction of sp³-hybridized carbons (Fsp3) is 0.467. The van der Waals surface area contributed by atoms with Crippen LogP contribution >= 0.6 is 0 Å². The van der Waals surface area contributed by atoms with Gasteiger partial charge >= 0.3 is 0 Å². The van der Waals surface area contributed by atoms with Gasteiger partial charge in [-0.05, 0) is 19.1 Å². The summed E-state index contributed by atoms with van der Waals surface area (Å²) in [5.41, 5.74) is 0.767. The van der Waals surface area contributed by atoms with E-state index in [1.54, 1.807) is 12.1 Å². The van der Waals surface area contributed by atoms with Crippen LogP contribution in [0.5, 0.6) is 0 Å². The van der Waals surface area contributed by atoms with E-state index in [-0.39, 0.29) is 17.3 Å². The molecule has 1 saturated heterocycles. The van der Waals surface area contributed by atoms with E-state index < -0.39 is 5.82 Å². The molecule has 1 fully saturated rings. The molecule has 1 aromatic rings. The molecule has 108 valence electrons. The van der Waals surface area contributed by atoms with Crippen LogP contribution in [0, 0.1) is 5.82 Å². The van der Waals surface area contributed by atoms with Gasteiger partial charge in [0.1, 0.15) is 5.82 Å². The predicted molar refractivity (Wildman–Crippen MR) is 75.5 cm³/mol. The molecule has 0 saturated carbocycles. The van der Waals surface area contributed by atoms with Crippen molar-refractivity contribution in [1.29, 1.82) is 0 Å². The van der Waals surface area contributed by atoms with Gasteiger partial charge in [0.05, 0.1) is 11.3 Å². The zero-order valence-electron chi connectivity index (χ0n) is 11.9. The number of ketones is 1. The van der Waals surface area contributed by atoms with Crippen molar-refractivity contribution in [2.75, 3.05) is 31.1 Å². The summed E-state index contributed by atoms with van der Waals surface area (Å²) in [4.78, 5) is 27.0. The number of rotatable bonds is 3. The number of hydrogen-bond donors (Lipinski definition) is 0.